The van der Waals surface area contributed by atoms with Crippen molar-refractivity contribution in [3.8, 4) is 34.2 Å². The van der Waals surface area contributed by atoms with Gasteiger partial charge in [0.05, 0.1) is 33.1 Å². The van der Waals surface area contributed by atoms with Gasteiger partial charge in [0, 0.05) is 49.0 Å². The molecule has 0 aliphatic heterocycles. The Labute approximate surface area is 286 Å². The molecule has 4 aromatic heterocycles. The van der Waals surface area contributed by atoms with E-state index in [2.05, 4.69) is 112 Å². The minimum absolute atomic E-state index is 0.637. The van der Waals surface area contributed by atoms with Crippen molar-refractivity contribution in [3.05, 3.63) is 164 Å². The van der Waals surface area contributed by atoms with Gasteiger partial charge in [0.25, 0.3) is 0 Å². The monoisotopic (exact) mass is 637 g/mol. The molecule has 0 atom stereocenters. The number of hydrogen-bond donors (Lipinski definition) is 0. The van der Waals surface area contributed by atoms with E-state index in [9.17, 15) is 0 Å². The molecule has 7 aromatic carbocycles. The third kappa shape index (κ3) is 3.80. The molecule has 11 rings (SSSR count). The van der Waals surface area contributed by atoms with Gasteiger partial charge < -0.3 is 8.80 Å². The lowest BCUT2D eigenvalue weighted by Crippen LogP contribution is -2.00. The third-order valence-electron chi connectivity index (χ3n) is 10.1. The third-order valence-corrected chi connectivity index (χ3v) is 10.1. The highest BCUT2D eigenvalue weighted by molar-refractivity contribution is 6.23. The maximum Gasteiger partial charge on any atom is 0.164 e. The standard InChI is InChI=1S/C45H27N5/c1-3-13-28(14-4-1)43-46-44(29-15-5-2-6-16-29)48-45(47-43)30-25-26-39-36(27-30)35-20-11-19-33-31-17-7-10-23-38(31)50(41(33)35)40-24-12-21-34-32-18-8-9-22-37(32)49(39)42(34)40/h1-27H. The number of para-hydroxylation sites is 4. The van der Waals surface area contributed by atoms with Crippen molar-refractivity contribution in [2.75, 3.05) is 0 Å². The van der Waals surface area contributed by atoms with Crippen molar-refractivity contribution in [2.24, 2.45) is 0 Å². The summed E-state index contributed by atoms with van der Waals surface area (Å²) in [6.45, 7) is 0. The summed E-state index contributed by atoms with van der Waals surface area (Å²) in [6.07, 6.45) is 0. The fourth-order valence-corrected chi connectivity index (χ4v) is 7.94. The van der Waals surface area contributed by atoms with Crippen LogP contribution in [0.4, 0.5) is 0 Å². The van der Waals surface area contributed by atoms with E-state index < -0.39 is 0 Å². The molecule has 5 nitrogen and oxygen atoms in total. The number of fused-ring (bicyclic) bond motifs is 10. The van der Waals surface area contributed by atoms with Crippen LogP contribution in [-0.4, -0.2) is 23.8 Å². The summed E-state index contributed by atoms with van der Waals surface area (Å²) in [5.74, 6) is 1.93. The molecule has 11 aromatic rings. The smallest absolute Gasteiger partial charge is 0.164 e. The number of benzene rings is 7. The molecule has 0 aliphatic rings. The summed E-state index contributed by atoms with van der Waals surface area (Å²) in [5.41, 5.74) is 9.88. The Morgan fingerprint density at radius 2 is 0.700 bits per heavy atom. The normalized spacial score (nSPS) is 12.0. The highest BCUT2D eigenvalue weighted by atomic mass is 15.0. The number of hydrogen-bond acceptors (Lipinski definition) is 3. The van der Waals surface area contributed by atoms with Crippen LogP contribution in [0, 0.1) is 0 Å². The molecule has 0 radical (unpaired) electrons. The minimum atomic E-state index is 0.637. The summed E-state index contributed by atoms with van der Waals surface area (Å²) in [5, 5.41) is 7.22. The van der Waals surface area contributed by atoms with Crippen molar-refractivity contribution >= 4 is 65.4 Å². The first-order valence-corrected chi connectivity index (χ1v) is 16.9. The van der Waals surface area contributed by atoms with Crippen LogP contribution in [0.15, 0.2) is 164 Å². The molecule has 4 heterocycles. The highest BCUT2D eigenvalue weighted by Gasteiger charge is 2.20. The molecule has 0 aliphatic carbocycles. The van der Waals surface area contributed by atoms with E-state index in [0.29, 0.717) is 17.5 Å². The van der Waals surface area contributed by atoms with Crippen LogP contribution in [0.25, 0.3) is 99.6 Å². The summed E-state index contributed by atoms with van der Waals surface area (Å²) < 4.78 is 4.92. The second-order valence-electron chi connectivity index (χ2n) is 12.9. The largest absolute Gasteiger partial charge is 0.307 e. The van der Waals surface area contributed by atoms with Crippen molar-refractivity contribution in [2.45, 2.75) is 0 Å². The van der Waals surface area contributed by atoms with Gasteiger partial charge in [-0.05, 0) is 36.4 Å². The van der Waals surface area contributed by atoms with E-state index in [-0.39, 0.29) is 0 Å². The highest BCUT2D eigenvalue weighted by Crippen LogP contribution is 2.41. The molecule has 0 saturated heterocycles. The Kier molecular flexibility index (Phi) is 5.60. The van der Waals surface area contributed by atoms with Gasteiger partial charge in [-0.15, -0.1) is 0 Å². The molecule has 50 heavy (non-hydrogen) atoms. The minimum Gasteiger partial charge on any atom is -0.307 e. The molecule has 0 amide bonds. The average molecular weight is 638 g/mol. The fraction of sp³-hybridized carbons (Fsp3) is 0. The van der Waals surface area contributed by atoms with E-state index in [1.807, 2.05) is 60.7 Å². The predicted molar refractivity (Wildman–Crippen MR) is 206 cm³/mol. The molecule has 0 fully saturated rings. The number of rotatable bonds is 3. The van der Waals surface area contributed by atoms with Gasteiger partial charge in [-0.2, -0.15) is 0 Å². The maximum atomic E-state index is 5.10. The molecular formula is C45H27N5. The van der Waals surface area contributed by atoms with Crippen molar-refractivity contribution in [1.29, 1.82) is 0 Å². The average Bonchev–Trinajstić information content (AvgIpc) is 3.71. The molecule has 0 saturated carbocycles. The molecule has 0 bridgehead atoms. The second kappa shape index (κ2) is 10.3. The van der Waals surface area contributed by atoms with Gasteiger partial charge in [0.15, 0.2) is 17.5 Å². The zero-order valence-corrected chi connectivity index (χ0v) is 26.8. The van der Waals surface area contributed by atoms with Crippen molar-refractivity contribution in [1.82, 2.24) is 23.8 Å². The lowest BCUT2D eigenvalue weighted by Gasteiger charge is -2.13. The van der Waals surface area contributed by atoms with Crippen LogP contribution >= 0.6 is 0 Å². The topological polar surface area (TPSA) is 47.5 Å². The Balaban J connectivity index is 1.33. The van der Waals surface area contributed by atoms with E-state index in [1.165, 1.54) is 49.1 Å². The first-order chi connectivity index (χ1) is 24.8. The first-order valence-electron chi connectivity index (χ1n) is 16.9. The Bertz CT molecular complexity index is 3080. The Morgan fingerprint density at radius 3 is 1.32 bits per heavy atom. The maximum absolute atomic E-state index is 5.10. The molecule has 232 valence electrons. The SMILES string of the molecule is c1ccc(-c2nc(-c3ccccc3)nc(-c3ccc4c(c3)c3cccc5c6ccccc6n(c6cccc7c8ccccc8n4c76)c53)n2)cc1. The van der Waals surface area contributed by atoms with E-state index in [0.717, 1.165) is 33.0 Å². The van der Waals surface area contributed by atoms with Crippen molar-refractivity contribution < 1.29 is 0 Å². The summed E-state index contributed by atoms with van der Waals surface area (Å²) in [7, 11) is 0. The van der Waals surface area contributed by atoms with Gasteiger partial charge in [-0.25, -0.2) is 15.0 Å². The van der Waals surface area contributed by atoms with E-state index >= 15 is 0 Å². The van der Waals surface area contributed by atoms with E-state index in [1.54, 1.807) is 0 Å². The van der Waals surface area contributed by atoms with Crippen LogP contribution in [0.3, 0.4) is 0 Å². The molecule has 0 N–H and O–H groups in total. The second-order valence-corrected chi connectivity index (χ2v) is 12.9. The van der Waals surface area contributed by atoms with Crippen molar-refractivity contribution in [3.63, 3.8) is 0 Å². The molecule has 0 unspecified atom stereocenters. The summed E-state index contributed by atoms with van der Waals surface area (Å²) in [6, 6.07) is 57.9. The first kappa shape index (κ1) is 27.1. The van der Waals surface area contributed by atoms with Gasteiger partial charge in [-0.1, -0.05) is 127 Å². The fourth-order valence-electron chi connectivity index (χ4n) is 7.94. The quantitative estimate of drug-likeness (QED) is 0.194. The van der Waals surface area contributed by atoms with Gasteiger partial charge in [-0.3, -0.25) is 0 Å². The van der Waals surface area contributed by atoms with E-state index in [4.69, 9.17) is 15.0 Å². The Morgan fingerprint density at radius 1 is 0.280 bits per heavy atom. The zero-order chi connectivity index (χ0) is 32.8. The van der Waals surface area contributed by atoms with Crippen LogP contribution in [0.2, 0.25) is 0 Å². The van der Waals surface area contributed by atoms with Crippen LogP contribution < -0.4 is 0 Å². The van der Waals surface area contributed by atoms with Crippen LogP contribution in [0.5, 0.6) is 0 Å². The summed E-state index contributed by atoms with van der Waals surface area (Å²) >= 11 is 0. The van der Waals surface area contributed by atoms with Crippen LogP contribution in [0.1, 0.15) is 0 Å². The zero-order valence-electron chi connectivity index (χ0n) is 26.8. The molecule has 5 heteroatoms. The lowest BCUT2D eigenvalue weighted by atomic mass is 10.0. The number of aromatic nitrogens is 5. The molecular weight excluding hydrogens is 611 g/mol. The van der Waals surface area contributed by atoms with Crippen LogP contribution in [-0.2, 0) is 0 Å². The summed E-state index contributed by atoms with van der Waals surface area (Å²) in [4.78, 5) is 15.1. The predicted octanol–water partition coefficient (Wildman–Crippen LogP) is 11.1. The Hall–Kier alpha value is -6.85. The number of nitrogens with zero attached hydrogens (tertiary/aromatic N) is 5. The molecule has 0 spiro atoms. The lowest BCUT2D eigenvalue weighted by molar-refractivity contribution is 1.07. The van der Waals surface area contributed by atoms with Gasteiger partial charge >= 0.3 is 0 Å². The van der Waals surface area contributed by atoms with Gasteiger partial charge in [0.2, 0.25) is 0 Å². The van der Waals surface area contributed by atoms with Gasteiger partial charge in [0.1, 0.15) is 0 Å².